The summed E-state index contributed by atoms with van der Waals surface area (Å²) in [4.78, 5) is 19.6. The summed E-state index contributed by atoms with van der Waals surface area (Å²) in [6.07, 6.45) is 0. The van der Waals surface area contributed by atoms with Gasteiger partial charge in [-0.2, -0.15) is 0 Å². The molecular formula is C16H19N3OS. The highest BCUT2D eigenvalue weighted by atomic mass is 32.1. The number of hydrogen-bond donors (Lipinski definition) is 1. The number of carbonyl (C=O) groups excluding carboxylic acids is 1. The van der Waals surface area contributed by atoms with E-state index in [4.69, 9.17) is 5.73 Å². The molecule has 5 heteroatoms. The van der Waals surface area contributed by atoms with Crippen molar-refractivity contribution in [2.24, 2.45) is 5.73 Å². The highest BCUT2D eigenvalue weighted by molar-refractivity contribution is 7.13. The molecule has 0 aliphatic carbocycles. The summed E-state index contributed by atoms with van der Waals surface area (Å²) in [5.41, 5.74) is 8.28. The maximum atomic E-state index is 12.6. The minimum atomic E-state index is -0.00863. The van der Waals surface area contributed by atoms with Crippen LogP contribution >= 0.6 is 11.3 Å². The number of hydrogen-bond acceptors (Lipinski definition) is 4. The second-order valence-corrected chi connectivity index (χ2v) is 6.74. The zero-order chi connectivity index (χ0) is 15.0. The Morgan fingerprint density at radius 1 is 1.29 bits per heavy atom. The Kier molecular flexibility index (Phi) is 3.78. The molecule has 0 unspecified atom stereocenters. The number of likely N-dealkylation sites (tertiary alicyclic amines) is 1. The minimum absolute atomic E-state index is 0.00863. The van der Waals surface area contributed by atoms with Crippen molar-refractivity contribution in [3.8, 4) is 0 Å². The van der Waals surface area contributed by atoms with Gasteiger partial charge in [0, 0.05) is 25.0 Å². The Labute approximate surface area is 128 Å². The molecule has 0 saturated carbocycles. The normalized spacial score (nSPS) is 21.8. The summed E-state index contributed by atoms with van der Waals surface area (Å²) in [7, 11) is 0. The predicted molar refractivity (Wildman–Crippen MR) is 84.6 cm³/mol. The van der Waals surface area contributed by atoms with Crippen molar-refractivity contribution in [2.45, 2.75) is 25.8 Å². The summed E-state index contributed by atoms with van der Waals surface area (Å²) in [6, 6.07) is 10.2. The van der Waals surface area contributed by atoms with Crippen molar-refractivity contribution in [2.75, 3.05) is 13.1 Å². The number of carbonyl (C=O) groups is 1. The van der Waals surface area contributed by atoms with Crippen LogP contribution in [0.25, 0.3) is 0 Å². The summed E-state index contributed by atoms with van der Waals surface area (Å²) in [6.45, 7) is 5.10. The number of benzene rings is 1. The molecule has 0 bridgehead atoms. The average Bonchev–Trinajstić information content (AvgIpc) is 3.02. The Bertz CT molecular complexity index is 653. The Balaban J connectivity index is 1.80. The van der Waals surface area contributed by atoms with Crippen LogP contribution in [0.1, 0.15) is 31.9 Å². The molecule has 1 amide bonds. The van der Waals surface area contributed by atoms with Crippen LogP contribution in [0.4, 0.5) is 0 Å². The van der Waals surface area contributed by atoms with Gasteiger partial charge in [-0.15, -0.1) is 11.3 Å². The van der Waals surface area contributed by atoms with Crippen LogP contribution in [0.5, 0.6) is 0 Å². The highest BCUT2D eigenvalue weighted by Gasteiger charge is 2.35. The summed E-state index contributed by atoms with van der Waals surface area (Å²) < 4.78 is 0. The van der Waals surface area contributed by atoms with E-state index in [1.54, 1.807) is 0 Å². The van der Waals surface area contributed by atoms with Gasteiger partial charge < -0.3 is 10.6 Å². The van der Waals surface area contributed by atoms with Crippen LogP contribution in [0.3, 0.4) is 0 Å². The van der Waals surface area contributed by atoms with Crippen LogP contribution in [0.15, 0.2) is 30.3 Å². The van der Waals surface area contributed by atoms with Gasteiger partial charge in [-0.3, -0.25) is 4.79 Å². The lowest BCUT2D eigenvalue weighted by Gasteiger charge is -2.15. The number of aryl methyl sites for hydroxylation is 2. The fourth-order valence-electron chi connectivity index (χ4n) is 2.92. The van der Waals surface area contributed by atoms with Gasteiger partial charge in [0.25, 0.3) is 5.91 Å². The van der Waals surface area contributed by atoms with Gasteiger partial charge in [-0.1, -0.05) is 30.3 Å². The van der Waals surface area contributed by atoms with E-state index in [0.29, 0.717) is 13.1 Å². The van der Waals surface area contributed by atoms with Crippen LogP contribution in [0, 0.1) is 13.8 Å². The molecule has 2 aromatic rings. The molecule has 21 heavy (non-hydrogen) atoms. The van der Waals surface area contributed by atoms with E-state index >= 15 is 0 Å². The van der Waals surface area contributed by atoms with Gasteiger partial charge in [0.15, 0.2) is 0 Å². The standard InChI is InChI=1S/C16H19N3OS/c1-10-15(21-11(2)18-10)16(20)19-8-13(14(17)9-19)12-6-4-3-5-7-12/h3-7,13-14H,8-9,17H2,1-2H3/t13-,14+/m0/s1. The first kappa shape index (κ1) is 14.2. The van der Waals surface area contributed by atoms with E-state index in [1.165, 1.54) is 16.9 Å². The lowest BCUT2D eigenvalue weighted by atomic mass is 9.95. The molecule has 1 aliphatic heterocycles. The zero-order valence-corrected chi connectivity index (χ0v) is 13.1. The molecule has 1 saturated heterocycles. The molecule has 110 valence electrons. The van der Waals surface area contributed by atoms with Crippen molar-refractivity contribution in [3.63, 3.8) is 0 Å². The van der Waals surface area contributed by atoms with E-state index in [1.807, 2.05) is 36.9 Å². The second kappa shape index (κ2) is 5.58. The van der Waals surface area contributed by atoms with Crippen LogP contribution in [-0.4, -0.2) is 34.9 Å². The van der Waals surface area contributed by atoms with Crippen molar-refractivity contribution >= 4 is 17.2 Å². The fourth-order valence-corrected chi connectivity index (χ4v) is 3.81. The van der Waals surface area contributed by atoms with Gasteiger partial charge in [-0.25, -0.2) is 4.98 Å². The second-order valence-electron chi connectivity index (χ2n) is 5.54. The van der Waals surface area contributed by atoms with Crippen molar-refractivity contribution in [3.05, 3.63) is 51.5 Å². The van der Waals surface area contributed by atoms with Crippen LogP contribution < -0.4 is 5.73 Å². The van der Waals surface area contributed by atoms with E-state index in [0.717, 1.165) is 15.6 Å². The highest BCUT2D eigenvalue weighted by Crippen LogP contribution is 2.29. The largest absolute Gasteiger partial charge is 0.336 e. The summed E-state index contributed by atoms with van der Waals surface area (Å²) in [5.74, 6) is 0.274. The first-order valence-corrected chi connectivity index (χ1v) is 7.91. The maximum absolute atomic E-state index is 12.6. The topological polar surface area (TPSA) is 59.2 Å². The molecular weight excluding hydrogens is 282 g/mol. The monoisotopic (exact) mass is 301 g/mol. The molecule has 0 spiro atoms. The fraction of sp³-hybridized carbons (Fsp3) is 0.375. The van der Waals surface area contributed by atoms with E-state index in [9.17, 15) is 4.79 Å². The average molecular weight is 301 g/mol. The third-order valence-electron chi connectivity index (χ3n) is 3.98. The lowest BCUT2D eigenvalue weighted by molar-refractivity contribution is 0.0793. The number of nitrogens with two attached hydrogens (primary N) is 1. The van der Waals surface area contributed by atoms with Crippen molar-refractivity contribution in [1.82, 2.24) is 9.88 Å². The summed E-state index contributed by atoms with van der Waals surface area (Å²) >= 11 is 1.46. The third-order valence-corrected chi connectivity index (χ3v) is 5.04. The third kappa shape index (κ3) is 2.71. The van der Waals surface area contributed by atoms with Gasteiger partial charge in [0.1, 0.15) is 4.88 Å². The first-order valence-electron chi connectivity index (χ1n) is 7.10. The number of nitrogens with zero attached hydrogens (tertiary/aromatic N) is 2. The SMILES string of the molecule is Cc1nc(C)c(C(=O)N2C[C@@H](N)[C@H](c3ccccc3)C2)s1. The molecule has 1 aromatic carbocycles. The summed E-state index contributed by atoms with van der Waals surface area (Å²) in [5, 5.41) is 0.930. The predicted octanol–water partition coefficient (Wildman–Crippen LogP) is 2.33. The molecule has 4 nitrogen and oxygen atoms in total. The van der Waals surface area contributed by atoms with E-state index < -0.39 is 0 Å². The van der Waals surface area contributed by atoms with E-state index in [2.05, 4.69) is 17.1 Å². The molecule has 1 fully saturated rings. The zero-order valence-electron chi connectivity index (χ0n) is 12.2. The van der Waals surface area contributed by atoms with Gasteiger partial charge in [0.2, 0.25) is 0 Å². The van der Waals surface area contributed by atoms with Crippen molar-refractivity contribution < 1.29 is 4.79 Å². The van der Waals surface area contributed by atoms with Gasteiger partial charge in [-0.05, 0) is 19.4 Å². The van der Waals surface area contributed by atoms with Gasteiger partial charge >= 0.3 is 0 Å². The first-order chi connectivity index (χ1) is 10.1. The minimum Gasteiger partial charge on any atom is -0.336 e. The number of thiazole rings is 1. The Morgan fingerprint density at radius 3 is 2.62 bits per heavy atom. The Hall–Kier alpha value is -1.72. The smallest absolute Gasteiger partial charge is 0.265 e. The molecule has 2 heterocycles. The molecule has 1 aliphatic rings. The number of amides is 1. The lowest BCUT2D eigenvalue weighted by Crippen LogP contribution is -2.32. The molecule has 2 N–H and O–H groups in total. The van der Waals surface area contributed by atoms with E-state index in [-0.39, 0.29) is 17.9 Å². The maximum Gasteiger partial charge on any atom is 0.265 e. The number of rotatable bonds is 2. The molecule has 0 radical (unpaired) electrons. The molecule has 1 aromatic heterocycles. The molecule has 3 rings (SSSR count). The quantitative estimate of drug-likeness (QED) is 0.926. The Morgan fingerprint density at radius 2 is 2.00 bits per heavy atom. The molecule has 2 atom stereocenters. The van der Waals surface area contributed by atoms with Gasteiger partial charge in [0.05, 0.1) is 10.7 Å². The van der Waals surface area contributed by atoms with Crippen molar-refractivity contribution in [1.29, 1.82) is 0 Å². The number of aromatic nitrogens is 1. The van der Waals surface area contributed by atoms with Crippen LogP contribution in [0.2, 0.25) is 0 Å². The van der Waals surface area contributed by atoms with Crippen LogP contribution in [-0.2, 0) is 0 Å².